The molecule has 0 aliphatic rings. The molecule has 20 heavy (non-hydrogen) atoms. The van der Waals surface area contributed by atoms with E-state index in [0.29, 0.717) is 19.3 Å². The van der Waals surface area contributed by atoms with Crippen LogP contribution in [-0.4, -0.2) is 33.9 Å². The molecule has 0 heterocycles. The average Bonchev–Trinajstić information content (AvgIpc) is 2.33. The van der Waals surface area contributed by atoms with Gasteiger partial charge in [-0.05, 0) is 37.0 Å². The lowest BCUT2D eigenvalue weighted by Crippen LogP contribution is -2.23. The van der Waals surface area contributed by atoms with Gasteiger partial charge in [0.05, 0.1) is 0 Å². The number of hydrogen-bond acceptors (Lipinski definition) is 3. The van der Waals surface area contributed by atoms with Crippen molar-refractivity contribution in [1.29, 1.82) is 0 Å². The lowest BCUT2D eigenvalue weighted by Gasteiger charge is -2.12. The molecule has 0 atom stereocenters. The lowest BCUT2D eigenvalue weighted by atomic mass is 9.95. The van der Waals surface area contributed by atoms with Crippen molar-refractivity contribution < 1.29 is 33.7 Å². The van der Waals surface area contributed by atoms with Crippen LogP contribution in [-0.2, 0) is 16.0 Å². The monoisotopic (exact) mass is 288 g/mol. The fourth-order valence-electron chi connectivity index (χ4n) is 1.85. The maximum absolute atomic E-state index is 13.8. The molecule has 0 radical (unpaired) electrons. The third-order valence-corrected chi connectivity index (χ3v) is 2.79. The molecule has 1 aromatic rings. The number of carboxylic acid groups (broad SMARTS) is 2. The number of aliphatic hydroxyl groups excluding tert-OH is 1. The molecule has 5 nitrogen and oxygen atoms in total. The van der Waals surface area contributed by atoms with Gasteiger partial charge in [0.25, 0.3) is 0 Å². The van der Waals surface area contributed by atoms with E-state index in [0.717, 1.165) is 12.1 Å². The van der Waals surface area contributed by atoms with Crippen molar-refractivity contribution in [3.8, 4) is 0 Å². The van der Waals surface area contributed by atoms with Crippen molar-refractivity contribution in [2.45, 2.75) is 25.2 Å². The van der Waals surface area contributed by atoms with E-state index in [1.165, 1.54) is 0 Å². The van der Waals surface area contributed by atoms with Gasteiger partial charge in [-0.15, -0.1) is 0 Å². The quantitative estimate of drug-likeness (QED) is 0.522. The summed E-state index contributed by atoms with van der Waals surface area (Å²) in [5.41, 5.74) is -0.692. The van der Waals surface area contributed by atoms with E-state index in [4.69, 9.17) is 15.3 Å². The fourth-order valence-corrected chi connectivity index (χ4v) is 1.85. The number of carboxylic acids is 2. The number of benzene rings is 1. The van der Waals surface area contributed by atoms with E-state index < -0.39 is 35.1 Å². The summed E-state index contributed by atoms with van der Waals surface area (Å²) in [6.07, 6.45) is 1.29. The summed E-state index contributed by atoms with van der Waals surface area (Å²) in [4.78, 5) is 21.6. The minimum atomic E-state index is -2.28. The topological polar surface area (TPSA) is 94.8 Å². The average molecular weight is 288 g/mol. The highest BCUT2D eigenvalue weighted by atomic mass is 19.1. The number of aryl methyl sites for hydroxylation is 1. The minimum absolute atomic E-state index is 0.0385. The van der Waals surface area contributed by atoms with Gasteiger partial charge in [0.15, 0.2) is 5.92 Å². The Kier molecular flexibility index (Phi) is 5.57. The van der Waals surface area contributed by atoms with Gasteiger partial charge in [0.1, 0.15) is 11.6 Å². The molecule has 1 rings (SSSR count). The Bertz CT molecular complexity index is 478. The normalized spacial score (nSPS) is 10.8. The maximum atomic E-state index is 13.8. The van der Waals surface area contributed by atoms with Crippen molar-refractivity contribution >= 4 is 11.9 Å². The molecule has 0 aliphatic heterocycles. The van der Waals surface area contributed by atoms with Crippen LogP contribution in [0.25, 0.3) is 0 Å². The Balaban J connectivity index is 3.10. The van der Waals surface area contributed by atoms with E-state index in [-0.39, 0.29) is 12.2 Å². The molecular weight excluding hydrogens is 274 g/mol. The summed E-state index contributed by atoms with van der Waals surface area (Å²) in [7, 11) is 0. The fraction of sp³-hybridized carbons (Fsp3) is 0.385. The number of hydrogen-bond donors (Lipinski definition) is 3. The zero-order valence-corrected chi connectivity index (χ0v) is 10.5. The summed E-state index contributed by atoms with van der Waals surface area (Å²) in [6, 6.07) is 1.85. The molecule has 0 saturated heterocycles. The van der Waals surface area contributed by atoms with Crippen molar-refractivity contribution in [3.05, 3.63) is 34.9 Å². The summed E-state index contributed by atoms with van der Waals surface area (Å²) in [6.45, 7) is -0.0385. The molecule has 7 heteroatoms. The number of rotatable bonds is 7. The second-order valence-corrected chi connectivity index (χ2v) is 4.26. The first-order valence-electron chi connectivity index (χ1n) is 5.92. The Labute approximate surface area is 113 Å². The molecule has 0 spiro atoms. The smallest absolute Gasteiger partial charge is 0.322 e. The Hall–Kier alpha value is -2.02. The predicted octanol–water partition coefficient (Wildman–Crippen LogP) is 1.53. The summed E-state index contributed by atoms with van der Waals surface area (Å²) in [5, 5.41) is 26.1. The highest BCUT2D eigenvalue weighted by Crippen LogP contribution is 2.25. The first-order valence-corrected chi connectivity index (χ1v) is 5.92. The highest BCUT2D eigenvalue weighted by Gasteiger charge is 2.33. The second kappa shape index (κ2) is 6.95. The molecule has 0 bridgehead atoms. The molecule has 0 saturated carbocycles. The lowest BCUT2D eigenvalue weighted by molar-refractivity contribution is -0.150. The van der Waals surface area contributed by atoms with Crippen molar-refractivity contribution in [2.75, 3.05) is 6.61 Å². The Morgan fingerprint density at radius 2 is 1.55 bits per heavy atom. The number of aliphatic hydroxyl groups is 1. The van der Waals surface area contributed by atoms with Gasteiger partial charge >= 0.3 is 11.9 Å². The molecule has 1 aromatic carbocycles. The molecule has 0 unspecified atom stereocenters. The standard InChI is InChI=1S/C13H14F2O5/c14-8-5-7(3-1-2-4-16)6-9(15)10(8)11(12(17)18)13(19)20/h5-6,11,16H,1-4H2,(H,17,18)(H,19,20). The van der Waals surface area contributed by atoms with Gasteiger partial charge in [0, 0.05) is 12.2 Å². The van der Waals surface area contributed by atoms with Gasteiger partial charge in [0.2, 0.25) is 0 Å². The zero-order valence-electron chi connectivity index (χ0n) is 10.5. The zero-order chi connectivity index (χ0) is 15.3. The number of halogens is 2. The summed E-state index contributed by atoms with van der Waals surface area (Å²) >= 11 is 0. The maximum Gasteiger partial charge on any atom is 0.322 e. The molecule has 3 N–H and O–H groups in total. The SMILES string of the molecule is O=C(O)C(C(=O)O)c1c(F)cc(CCCCO)cc1F. The van der Waals surface area contributed by atoms with Crippen LogP contribution in [0.15, 0.2) is 12.1 Å². The minimum Gasteiger partial charge on any atom is -0.480 e. The van der Waals surface area contributed by atoms with Crippen LogP contribution in [0.1, 0.15) is 29.9 Å². The summed E-state index contributed by atoms with van der Waals surface area (Å²) < 4.78 is 27.5. The third kappa shape index (κ3) is 3.74. The first-order chi connectivity index (χ1) is 9.38. The number of unbranched alkanes of at least 4 members (excludes halogenated alkanes) is 1. The predicted molar refractivity (Wildman–Crippen MR) is 64.4 cm³/mol. The van der Waals surface area contributed by atoms with Gasteiger partial charge in [-0.1, -0.05) is 0 Å². The van der Waals surface area contributed by atoms with E-state index in [1.54, 1.807) is 0 Å². The molecular formula is C13H14F2O5. The summed E-state index contributed by atoms with van der Waals surface area (Å²) in [5.74, 6) is -8.33. The van der Waals surface area contributed by atoms with E-state index in [1.807, 2.05) is 0 Å². The molecule has 0 amide bonds. The molecule has 0 fully saturated rings. The van der Waals surface area contributed by atoms with Gasteiger partial charge in [-0.2, -0.15) is 0 Å². The van der Waals surface area contributed by atoms with Crippen LogP contribution in [0, 0.1) is 11.6 Å². The largest absolute Gasteiger partial charge is 0.480 e. The molecule has 0 aliphatic carbocycles. The van der Waals surface area contributed by atoms with Crippen molar-refractivity contribution in [1.82, 2.24) is 0 Å². The van der Waals surface area contributed by atoms with Crippen LogP contribution in [0.2, 0.25) is 0 Å². The number of carbonyl (C=O) groups is 2. The van der Waals surface area contributed by atoms with E-state index >= 15 is 0 Å². The van der Waals surface area contributed by atoms with E-state index in [9.17, 15) is 18.4 Å². The highest BCUT2D eigenvalue weighted by molar-refractivity contribution is 5.99. The Morgan fingerprint density at radius 3 is 1.95 bits per heavy atom. The van der Waals surface area contributed by atoms with Crippen LogP contribution in [0.3, 0.4) is 0 Å². The van der Waals surface area contributed by atoms with Crippen LogP contribution in [0.4, 0.5) is 8.78 Å². The van der Waals surface area contributed by atoms with Crippen LogP contribution < -0.4 is 0 Å². The third-order valence-electron chi connectivity index (χ3n) is 2.79. The van der Waals surface area contributed by atoms with Crippen molar-refractivity contribution in [3.63, 3.8) is 0 Å². The van der Waals surface area contributed by atoms with E-state index in [2.05, 4.69) is 0 Å². The second-order valence-electron chi connectivity index (χ2n) is 4.26. The van der Waals surface area contributed by atoms with Gasteiger partial charge in [-0.25, -0.2) is 8.78 Å². The van der Waals surface area contributed by atoms with Crippen LogP contribution in [0.5, 0.6) is 0 Å². The van der Waals surface area contributed by atoms with Gasteiger partial charge < -0.3 is 15.3 Å². The first kappa shape index (κ1) is 16.0. The molecule has 110 valence electrons. The Morgan fingerprint density at radius 1 is 1.05 bits per heavy atom. The molecule has 0 aromatic heterocycles. The van der Waals surface area contributed by atoms with Crippen molar-refractivity contribution in [2.24, 2.45) is 0 Å². The number of aliphatic carboxylic acids is 2. The van der Waals surface area contributed by atoms with Gasteiger partial charge in [-0.3, -0.25) is 9.59 Å². The van der Waals surface area contributed by atoms with Crippen LogP contribution >= 0.6 is 0 Å².